The molecule has 0 radical (unpaired) electrons. The molecule has 1 heterocycles. The molecule has 0 bridgehead atoms. The summed E-state index contributed by atoms with van der Waals surface area (Å²) in [6.07, 6.45) is 9.52. The van der Waals surface area contributed by atoms with E-state index in [1.54, 1.807) is 0 Å². The lowest BCUT2D eigenvalue weighted by molar-refractivity contribution is 0.202. The summed E-state index contributed by atoms with van der Waals surface area (Å²) in [7, 11) is 1.84. The molecule has 1 fully saturated rings. The van der Waals surface area contributed by atoms with Crippen LogP contribution in [-0.4, -0.2) is 12.9 Å². The first kappa shape index (κ1) is 18.2. The maximum absolute atomic E-state index is 5.86. The topological polar surface area (TPSA) is 9.23 Å². The molecule has 0 amide bonds. The van der Waals surface area contributed by atoms with Gasteiger partial charge in [0.1, 0.15) is 5.75 Å². The maximum atomic E-state index is 5.86. The van der Waals surface area contributed by atoms with Gasteiger partial charge in [-0.25, -0.2) is 0 Å². The molecule has 2 aliphatic rings. The zero-order valence-corrected chi connectivity index (χ0v) is 17.0. The van der Waals surface area contributed by atoms with Gasteiger partial charge in [-0.2, -0.15) is 0 Å². The molecule has 2 heteroatoms. The van der Waals surface area contributed by atoms with Gasteiger partial charge in [0.15, 0.2) is 0 Å². The van der Waals surface area contributed by atoms with Crippen LogP contribution in [-0.2, 0) is 5.41 Å². The lowest BCUT2D eigenvalue weighted by Crippen LogP contribution is -2.38. The van der Waals surface area contributed by atoms with Gasteiger partial charge in [-0.3, -0.25) is 0 Å². The first-order valence-electron chi connectivity index (χ1n) is 9.68. The second-order valence-corrected chi connectivity index (χ2v) is 10.1. The Morgan fingerprint density at radius 1 is 1.04 bits per heavy atom. The summed E-state index contributed by atoms with van der Waals surface area (Å²) in [4.78, 5) is 1.47. The molecule has 1 nitrogen and oxygen atoms in total. The van der Waals surface area contributed by atoms with Crippen molar-refractivity contribution in [1.29, 1.82) is 0 Å². The van der Waals surface area contributed by atoms with Crippen molar-refractivity contribution in [2.75, 3.05) is 12.9 Å². The van der Waals surface area contributed by atoms with Crippen LogP contribution in [0.4, 0.5) is 0 Å². The molecule has 0 aromatic heterocycles. The number of ether oxygens (including phenoxy) is 1. The van der Waals surface area contributed by atoms with Gasteiger partial charge in [-0.15, -0.1) is 11.8 Å². The standard InChI is InChI=1S/C22H34OS/c1-16-13-18(23-5)20-19(14-16)24-15-17-9-6-7-10-21(2,3)11-8-12-22(17,20)4/h13-14,17H,6-12,15H2,1-5H3. The van der Waals surface area contributed by atoms with Gasteiger partial charge < -0.3 is 4.74 Å². The van der Waals surface area contributed by atoms with E-state index >= 15 is 0 Å². The summed E-state index contributed by atoms with van der Waals surface area (Å²) in [6, 6.07) is 4.63. The Morgan fingerprint density at radius 3 is 2.54 bits per heavy atom. The van der Waals surface area contributed by atoms with Gasteiger partial charge >= 0.3 is 0 Å². The number of thioether (sulfide) groups is 1. The number of benzene rings is 1. The van der Waals surface area contributed by atoms with Crippen LogP contribution in [0.2, 0.25) is 0 Å². The van der Waals surface area contributed by atoms with E-state index in [1.165, 1.54) is 66.7 Å². The highest BCUT2D eigenvalue weighted by molar-refractivity contribution is 7.99. The van der Waals surface area contributed by atoms with Crippen LogP contribution in [0.25, 0.3) is 0 Å². The Hall–Kier alpha value is -0.630. The van der Waals surface area contributed by atoms with E-state index < -0.39 is 0 Å². The van der Waals surface area contributed by atoms with Crippen molar-refractivity contribution < 1.29 is 4.74 Å². The summed E-state index contributed by atoms with van der Waals surface area (Å²) in [5.41, 5.74) is 3.61. The van der Waals surface area contributed by atoms with Crippen LogP contribution in [0, 0.1) is 18.3 Å². The zero-order valence-electron chi connectivity index (χ0n) is 16.2. The number of hydrogen-bond acceptors (Lipinski definition) is 2. The maximum Gasteiger partial charge on any atom is 0.124 e. The van der Waals surface area contributed by atoms with E-state index in [4.69, 9.17) is 4.74 Å². The summed E-state index contributed by atoms with van der Waals surface area (Å²) < 4.78 is 5.86. The first-order chi connectivity index (χ1) is 11.4. The third-order valence-electron chi connectivity index (χ3n) is 6.55. The van der Waals surface area contributed by atoms with E-state index in [0.29, 0.717) is 5.41 Å². The van der Waals surface area contributed by atoms with Crippen molar-refractivity contribution in [3.63, 3.8) is 0 Å². The molecule has 0 N–H and O–H groups in total. The summed E-state index contributed by atoms with van der Waals surface area (Å²) >= 11 is 2.06. The van der Waals surface area contributed by atoms with Crippen LogP contribution >= 0.6 is 11.8 Å². The SMILES string of the molecule is COc1cc(C)cc2c1C1(C)CCCC(C)(C)CCCCC1CS2. The normalized spacial score (nSPS) is 30.1. The zero-order chi connectivity index (χ0) is 17.4. The molecule has 0 saturated heterocycles. The third kappa shape index (κ3) is 3.49. The first-order valence-corrected chi connectivity index (χ1v) is 10.7. The Morgan fingerprint density at radius 2 is 1.79 bits per heavy atom. The van der Waals surface area contributed by atoms with Crippen LogP contribution in [0.15, 0.2) is 17.0 Å². The Bertz CT molecular complexity index is 575. The molecule has 0 spiro atoms. The molecule has 24 heavy (non-hydrogen) atoms. The number of aryl methyl sites for hydroxylation is 1. The predicted octanol–water partition coefficient (Wildman–Crippen LogP) is 6.75. The number of hydrogen-bond donors (Lipinski definition) is 0. The van der Waals surface area contributed by atoms with E-state index in [0.717, 1.165) is 11.7 Å². The second kappa shape index (κ2) is 6.94. The minimum atomic E-state index is 0.271. The molecular formula is C22H34OS. The highest BCUT2D eigenvalue weighted by Crippen LogP contribution is 2.54. The Labute approximate surface area is 152 Å². The third-order valence-corrected chi connectivity index (χ3v) is 7.75. The van der Waals surface area contributed by atoms with Crippen LogP contribution in [0.3, 0.4) is 0 Å². The fraction of sp³-hybridized carbons (Fsp3) is 0.727. The van der Waals surface area contributed by atoms with Gasteiger partial charge in [0.25, 0.3) is 0 Å². The number of fused-ring (bicyclic) bond motifs is 3. The quantitative estimate of drug-likeness (QED) is 0.556. The molecule has 1 aliphatic heterocycles. The number of rotatable bonds is 1. The lowest BCUT2D eigenvalue weighted by Gasteiger charge is -2.45. The van der Waals surface area contributed by atoms with Gasteiger partial charge in [-0.05, 0) is 61.6 Å². The minimum Gasteiger partial charge on any atom is -0.496 e. The lowest BCUT2D eigenvalue weighted by atomic mass is 9.65. The number of methoxy groups -OCH3 is 1. The van der Waals surface area contributed by atoms with Crippen molar-refractivity contribution in [3.05, 3.63) is 23.3 Å². The van der Waals surface area contributed by atoms with Crippen molar-refractivity contribution in [2.24, 2.45) is 11.3 Å². The molecule has 1 aromatic rings. The largest absolute Gasteiger partial charge is 0.496 e. The van der Waals surface area contributed by atoms with E-state index in [1.807, 2.05) is 7.11 Å². The van der Waals surface area contributed by atoms with E-state index in [-0.39, 0.29) is 5.41 Å². The smallest absolute Gasteiger partial charge is 0.124 e. The molecule has 1 aromatic carbocycles. The van der Waals surface area contributed by atoms with Crippen molar-refractivity contribution in [1.82, 2.24) is 0 Å². The molecular weight excluding hydrogens is 312 g/mol. The average Bonchev–Trinajstić information content (AvgIpc) is 2.51. The molecule has 3 rings (SSSR count). The summed E-state index contributed by atoms with van der Waals surface area (Å²) in [5, 5.41) is 0. The van der Waals surface area contributed by atoms with Gasteiger partial charge in [0.05, 0.1) is 7.11 Å². The fourth-order valence-electron chi connectivity index (χ4n) is 4.92. The monoisotopic (exact) mass is 346 g/mol. The van der Waals surface area contributed by atoms with Crippen molar-refractivity contribution in [3.8, 4) is 5.75 Å². The van der Waals surface area contributed by atoms with Gasteiger partial charge in [-0.1, -0.05) is 40.0 Å². The Balaban J connectivity index is 2.00. The highest BCUT2D eigenvalue weighted by atomic mass is 32.2. The second-order valence-electron chi connectivity index (χ2n) is 9.03. The fourth-order valence-corrected chi connectivity index (χ4v) is 6.58. The highest BCUT2D eigenvalue weighted by Gasteiger charge is 2.43. The molecule has 2 unspecified atom stereocenters. The minimum absolute atomic E-state index is 0.271. The summed E-state index contributed by atoms with van der Waals surface area (Å²) in [5.74, 6) is 3.19. The average molecular weight is 347 g/mol. The Kier molecular flexibility index (Phi) is 5.25. The van der Waals surface area contributed by atoms with Crippen LogP contribution in [0.1, 0.15) is 76.8 Å². The summed E-state index contributed by atoms with van der Waals surface area (Å²) in [6.45, 7) is 9.64. The van der Waals surface area contributed by atoms with Gasteiger partial charge in [0, 0.05) is 21.6 Å². The molecule has 1 saturated carbocycles. The van der Waals surface area contributed by atoms with E-state index in [2.05, 4.69) is 51.6 Å². The van der Waals surface area contributed by atoms with Crippen molar-refractivity contribution in [2.45, 2.75) is 83.0 Å². The molecule has 1 aliphatic carbocycles. The van der Waals surface area contributed by atoms with Crippen LogP contribution < -0.4 is 4.74 Å². The molecule has 2 atom stereocenters. The van der Waals surface area contributed by atoms with E-state index in [9.17, 15) is 0 Å². The van der Waals surface area contributed by atoms with Crippen molar-refractivity contribution >= 4 is 11.8 Å². The molecule has 134 valence electrons. The predicted molar refractivity (Wildman–Crippen MR) is 105 cm³/mol. The van der Waals surface area contributed by atoms with Crippen LogP contribution in [0.5, 0.6) is 5.75 Å². The van der Waals surface area contributed by atoms with Gasteiger partial charge in [0.2, 0.25) is 0 Å².